The van der Waals surface area contributed by atoms with Crippen LogP contribution < -0.4 is 9.47 Å². The number of methoxy groups -OCH3 is 1. The van der Waals surface area contributed by atoms with E-state index in [1.54, 1.807) is 30.1 Å². The fourth-order valence-corrected chi connectivity index (χ4v) is 2.78. The van der Waals surface area contributed by atoms with Gasteiger partial charge in [-0.15, -0.1) is 0 Å². The Morgan fingerprint density at radius 1 is 1.07 bits per heavy atom. The van der Waals surface area contributed by atoms with E-state index >= 15 is 0 Å². The molecular formula is C21H23N3O4. The minimum absolute atomic E-state index is 0.0719. The lowest BCUT2D eigenvalue weighted by atomic mass is 10.1. The number of esters is 1. The molecule has 0 saturated heterocycles. The Balaban J connectivity index is 1.61. The van der Waals surface area contributed by atoms with Gasteiger partial charge in [0.2, 0.25) is 0 Å². The van der Waals surface area contributed by atoms with E-state index in [1.807, 2.05) is 44.2 Å². The maximum absolute atomic E-state index is 12.5. The number of carbonyl (C=O) groups is 1. The van der Waals surface area contributed by atoms with Gasteiger partial charge in [0.25, 0.3) is 0 Å². The van der Waals surface area contributed by atoms with Crippen LogP contribution in [0.4, 0.5) is 0 Å². The minimum atomic E-state index is -0.427. The molecule has 146 valence electrons. The summed E-state index contributed by atoms with van der Waals surface area (Å²) in [5, 5.41) is 4.33. The second kappa shape index (κ2) is 9.03. The van der Waals surface area contributed by atoms with Crippen molar-refractivity contribution in [1.29, 1.82) is 0 Å². The summed E-state index contributed by atoms with van der Waals surface area (Å²) in [5.41, 5.74) is 1.20. The molecule has 0 unspecified atom stereocenters. The van der Waals surface area contributed by atoms with E-state index in [4.69, 9.17) is 14.2 Å². The Hall–Kier alpha value is -3.35. The third-order valence-corrected chi connectivity index (χ3v) is 4.08. The molecule has 1 aromatic carbocycles. The van der Waals surface area contributed by atoms with Crippen LogP contribution in [-0.4, -0.2) is 41.1 Å². The van der Waals surface area contributed by atoms with Crippen molar-refractivity contribution in [2.45, 2.75) is 19.8 Å². The van der Waals surface area contributed by atoms with Crippen LogP contribution in [-0.2, 0) is 4.74 Å². The molecule has 0 aliphatic carbocycles. The third kappa shape index (κ3) is 4.49. The molecular weight excluding hydrogens is 358 g/mol. The first-order valence-electron chi connectivity index (χ1n) is 9.03. The predicted octanol–water partition coefficient (Wildman–Crippen LogP) is 3.64. The fraction of sp³-hybridized carbons (Fsp3) is 0.286. The first-order valence-corrected chi connectivity index (χ1v) is 9.03. The van der Waals surface area contributed by atoms with Gasteiger partial charge in [0.05, 0.1) is 19.0 Å². The van der Waals surface area contributed by atoms with Crippen molar-refractivity contribution >= 4 is 5.97 Å². The van der Waals surface area contributed by atoms with Crippen molar-refractivity contribution in [3.63, 3.8) is 0 Å². The minimum Gasteiger partial charge on any atom is -0.497 e. The monoisotopic (exact) mass is 381 g/mol. The van der Waals surface area contributed by atoms with Gasteiger partial charge in [-0.25, -0.2) is 14.5 Å². The molecule has 0 atom stereocenters. The molecule has 7 heteroatoms. The standard InChI is InChI=1S/C21H23N3O4/c1-15(2)20-18(14-23-24(20)19-6-4-5-11-22-19)21(25)28-13-12-27-17-9-7-16(26-3)8-10-17/h4-11,14-15H,12-13H2,1-3H3. The Morgan fingerprint density at radius 2 is 1.82 bits per heavy atom. The van der Waals surface area contributed by atoms with Gasteiger partial charge in [0.1, 0.15) is 30.3 Å². The number of rotatable bonds is 8. The quantitative estimate of drug-likeness (QED) is 0.438. The van der Waals surface area contributed by atoms with E-state index in [1.165, 1.54) is 6.20 Å². The van der Waals surface area contributed by atoms with Crippen molar-refractivity contribution in [3.8, 4) is 17.3 Å². The molecule has 7 nitrogen and oxygen atoms in total. The maximum atomic E-state index is 12.5. The number of ether oxygens (including phenoxy) is 3. The van der Waals surface area contributed by atoms with Gasteiger partial charge in [0, 0.05) is 6.20 Å². The van der Waals surface area contributed by atoms with E-state index in [9.17, 15) is 4.79 Å². The molecule has 0 aliphatic heterocycles. The topological polar surface area (TPSA) is 75.5 Å². The summed E-state index contributed by atoms with van der Waals surface area (Å²) in [6, 6.07) is 12.8. The molecule has 2 aromatic heterocycles. The summed E-state index contributed by atoms with van der Waals surface area (Å²) in [6.45, 7) is 4.39. The lowest BCUT2D eigenvalue weighted by molar-refractivity contribution is 0.0448. The molecule has 0 N–H and O–H groups in total. The predicted molar refractivity (Wildman–Crippen MR) is 104 cm³/mol. The molecule has 3 aromatic rings. The van der Waals surface area contributed by atoms with Crippen molar-refractivity contribution < 1.29 is 19.0 Å². The van der Waals surface area contributed by atoms with Gasteiger partial charge in [-0.1, -0.05) is 19.9 Å². The van der Waals surface area contributed by atoms with Crippen LogP contribution in [0.5, 0.6) is 11.5 Å². The number of nitrogens with zero attached hydrogens (tertiary/aromatic N) is 3. The lowest BCUT2D eigenvalue weighted by Crippen LogP contribution is -2.15. The molecule has 2 heterocycles. The normalized spacial score (nSPS) is 10.7. The summed E-state index contributed by atoms with van der Waals surface area (Å²) in [6.07, 6.45) is 3.21. The molecule has 0 bridgehead atoms. The zero-order chi connectivity index (χ0) is 19.9. The summed E-state index contributed by atoms with van der Waals surface area (Å²) >= 11 is 0. The summed E-state index contributed by atoms with van der Waals surface area (Å²) in [5.74, 6) is 1.74. The highest BCUT2D eigenvalue weighted by Crippen LogP contribution is 2.23. The van der Waals surface area contributed by atoms with Gasteiger partial charge in [0.15, 0.2) is 5.82 Å². The van der Waals surface area contributed by atoms with Crippen LogP contribution in [0.15, 0.2) is 54.9 Å². The second-order valence-corrected chi connectivity index (χ2v) is 6.36. The van der Waals surface area contributed by atoms with Gasteiger partial charge < -0.3 is 14.2 Å². The summed E-state index contributed by atoms with van der Waals surface area (Å²) in [4.78, 5) is 16.8. The molecule has 0 saturated carbocycles. The van der Waals surface area contributed by atoms with Crippen LogP contribution in [0.1, 0.15) is 35.8 Å². The van der Waals surface area contributed by atoms with Gasteiger partial charge >= 0.3 is 5.97 Å². The number of aromatic nitrogens is 3. The number of benzene rings is 1. The average molecular weight is 381 g/mol. The van der Waals surface area contributed by atoms with Gasteiger partial charge in [-0.2, -0.15) is 5.10 Å². The van der Waals surface area contributed by atoms with E-state index in [0.29, 0.717) is 17.1 Å². The fourth-order valence-electron chi connectivity index (χ4n) is 2.78. The molecule has 0 fully saturated rings. The largest absolute Gasteiger partial charge is 0.497 e. The highest BCUT2D eigenvalue weighted by molar-refractivity contribution is 5.90. The van der Waals surface area contributed by atoms with Crippen molar-refractivity contribution in [2.75, 3.05) is 20.3 Å². The SMILES string of the molecule is COc1ccc(OCCOC(=O)c2cnn(-c3ccccn3)c2C(C)C)cc1. The van der Waals surface area contributed by atoms with E-state index in [-0.39, 0.29) is 19.1 Å². The summed E-state index contributed by atoms with van der Waals surface area (Å²) < 4.78 is 17.7. The highest BCUT2D eigenvalue weighted by Gasteiger charge is 2.22. The number of hydrogen-bond acceptors (Lipinski definition) is 6. The molecule has 0 amide bonds. The zero-order valence-corrected chi connectivity index (χ0v) is 16.2. The first-order chi connectivity index (χ1) is 13.6. The second-order valence-electron chi connectivity index (χ2n) is 6.36. The van der Waals surface area contributed by atoms with Crippen LogP contribution in [0.2, 0.25) is 0 Å². The van der Waals surface area contributed by atoms with Crippen molar-refractivity contribution in [2.24, 2.45) is 0 Å². The zero-order valence-electron chi connectivity index (χ0n) is 16.2. The first kappa shape index (κ1) is 19.4. The maximum Gasteiger partial charge on any atom is 0.341 e. The van der Waals surface area contributed by atoms with E-state index in [0.717, 1.165) is 11.4 Å². The molecule has 0 radical (unpaired) electrons. The Labute approximate surface area is 163 Å². The number of hydrogen-bond donors (Lipinski definition) is 0. The van der Waals surface area contributed by atoms with Gasteiger partial charge in [-0.3, -0.25) is 0 Å². The van der Waals surface area contributed by atoms with Crippen LogP contribution in [0, 0.1) is 0 Å². The van der Waals surface area contributed by atoms with Crippen molar-refractivity contribution in [1.82, 2.24) is 14.8 Å². The number of pyridine rings is 1. The van der Waals surface area contributed by atoms with E-state index in [2.05, 4.69) is 10.1 Å². The van der Waals surface area contributed by atoms with Crippen molar-refractivity contribution in [3.05, 3.63) is 66.1 Å². The lowest BCUT2D eigenvalue weighted by Gasteiger charge is -2.12. The molecule has 28 heavy (non-hydrogen) atoms. The summed E-state index contributed by atoms with van der Waals surface area (Å²) in [7, 11) is 1.61. The van der Waals surface area contributed by atoms with Gasteiger partial charge in [-0.05, 0) is 42.3 Å². The molecule has 0 aliphatic rings. The Bertz CT molecular complexity index is 905. The highest BCUT2D eigenvalue weighted by atomic mass is 16.6. The van der Waals surface area contributed by atoms with Crippen LogP contribution in [0.3, 0.4) is 0 Å². The number of carbonyl (C=O) groups excluding carboxylic acids is 1. The smallest absolute Gasteiger partial charge is 0.341 e. The van der Waals surface area contributed by atoms with Crippen LogP contribution in [0.25, 0.3) is 5.82 Å². The molecule has 0 spiro atoms. The Kier molecular flexibility index (Phi) is 6.26. The van der Waals surface area contributed by atoms with E-state index < -0.39 is 5.97 Å². The Morgan fingerprint density at radius 3 is 2.46 bits per heavy atom. The average Bonchev–Trinajstić information content (AvgIpc) is 3.18. The third-order valence-electron chi connectivity index (χ3n) is 4.08. The molecule has 3 rings (SSSR count). The van der Waals surface area contributed by atoms with Crippen LogP contribution >= 0.6 is 0 Å².